The maximum Gasteiger partial charge on any atom is 0.350 e. The van der Waals surface area contributed by atoms with Crippen molar-refractivity contribution in [3.05, 3.63) is 85.0 Å². The van der Waals surface area contributed by atoms with E-state index < -0.39 is 5.97 Å². The standard InChI is InChI=1S/C25H26N4O4S/c1-14-12-20(21(30)13-33-25(32)23-15(2)26-18(5)34-23)16(3)28(14)22-17(4)27(6)29(24(22)31)19-10-8-7-9-11-19/h7-12H,13H2,1-6H3. The molecule has 9 heteroatoms. The molecule has 0 N–H and O–H groups in total. The zero-order valence-corrected chi connectivity index (χ0v) is 20.8. The lowest BCUT2D eigenvalue weighted by Gasteiger charge is -2.09. The summed E-state index contributed by atoms with van der Waals surface area (Å²) in [6, 6.07) is 11.1. The minimum absolute atomic E-state index is 0.186. The lowest BCUT2D eigenvalue weighted by Crippen LogP contribution is -2.22. The van der Waals surface area contributed by atoms with Crippen LogP contribution in [0, 0.1) is 34.6 Å². The lowest BCUT2D eigenvalue weighted by molar-refractivity contribution is 0.0478. The molecule has 0 aliphatic rings. The smallest absolute Gasteiger partial charge is 0.350 e. The number of carbonyl (C=O) groups excluding carboxylic acids is 2. The van der Waals surface area contributed by atoms with Crippen molar-refractivity contribution in [1.29, 1.82) is 0 Å². The molecule has 0 amide bonds. The van der Waals surface area contributed by atoms with Crippen molar-refractivity contribution in [3.63, 3.8) is 0 Å². The van der Waals surface area contributed by atoms with Crippen LogP contribution in [0.2, 0.25) is 0 Å². The van der Waals surface area contributed by atoms with Crippen molar-refractivity contribution in [2.24, 2.45) is 7.05 Å². The normalized spacial score (nSPS) is 11.1. The van der Waals surface area contributed by atoms with E-state index in [9.17, 15) is 14.4 Å². The molecule has 3 heterocycles. The van der Waals surface area contributed by atoms with Gasteiger partial charge in [0.25, 0.3) is 5.56 Å². The maximum absolute atomic E-state index is 13.5. The highest BCUT2D eigenvalue weighted by Crippen LogP contribution is 2.23. The fourth-order valence-electron chi connectivity index (χ4n) is 4.20. The molecule has 0 atom stereocenters. The highest BCUT2D eigenvalue weighted by atomic mass is 32.1. The summed E-state index contributed by atoms with van der Waals surface area (Å²) in [7, 11) is 1.83. The molecule has 0 saturated heterocycles. The highest BCUT2D eigenvalue weighted by Gasteiger charge is 2.24. The fourth-order valence-corrected chi connectivity index (χ4v) is 5.01. The number of para-hydroxylation sites is 1. The Morgan fingerprint density at radius 1 is 1.03 bits per heavy atom. The molecular weight excluding hydrogens is 452 g/mol. The van der Waals surface area contributed by atoms with Gasteiger partial charge in [-0.15, -0.1) is 11.3 Å². The van der Waals surface area contributed by atoms with Crippen LogP contribution in [0.15, 0.2) is 41.2 Å². The van der Waals surface area contributed by atoms with Gasteiger partial charge in [0.15, 0.2) is 6.61 Å². The van der Waals surface area contributed by atoms with Gasteiger partial charge in [0.1, 0.15) is 10.6 Å². The van der Waals surface area contributed by atoms with Crippen LogP contribution in [0.5, 0.6) is 0 Å². The SMILES string of the molecule is Cc1nc(C)c(C(=O)OCC(=O)c2cc(C)n(-c3c(C)n(C)n(-c4ccccc4)c3=O)c2C)s1. The predicted molar refractivity (Wildman–Crippen MR) is 131 cm³/mol. The van der Waals surface area contributed by atoms with Crippen LogP contribution in [0.1, 0.15) is 47.8 Å². The first-order chi connectivity index (χ1) is 16.1. The third-order valence-electron chi connectivity index (χ3n) is 5.90. The van der Waals surface area contributed by atoms with Crippen molar-refractivity contribution >= 4 is 23.1 Å². The summed E-state index contributed by atoms with van der Waals surface area (Å²) in [6.45, 7) is 8.67. The number of esters is 1. The van der Waals surface area contributed by atoms with E-state index in [1.165, 1.54) is 11.3 Å². The number of nitrogens with zero attached hydrogens (tertiary/aromatic N) is 4. The molecule has 0 radical (unpaired) electrons. The first-order valence-electron chi connectivity index (χ1n) is 10.8. The van der Waals surface area contributed by atoms with E-state index in [1.807, 2.05) is 58.2 Å². The molecule has 0 aliphatic carbocycles. The number of carbonyl (C=O) groups is 2. The van der Waals surface area contributed by atoms with Crippen molar-refractivity contribution in [3.8, 4) is 11.4 Å². The van der Waals surface area contributed by atoms with Crippen molar-refractivity contribution in [2.45, 2.75) is 34.6 Å². The van der Waals surface area contributed by atoms with Gasteiger partial charge in [0.2, 0.25) is 5.78 Å². The number of benzene rings is 1. The van der Waals surface area contributed by atoms with Gasteiger partial charge >= 0.3 is 5.97 Å². The summed E-state index contributed by atoms with van der Waals surface area (Å²) >= 11 is 1.24. The number of rotatable bonds is 6. The van der Waals surface area contributed by atoms with Crippen molar-refractivity contribution in [1.82, 2.24) is 18.9 Å². The summed E-state index contributed by atoms with van der Waals surface area (Å²) in [6.07, 6.45) is 0. The Morgan fingerprint density at radius 3 is 2.32 bits per heavy atom. The van der Waals surface area contributed by atoms with Crippen molar-refractivity contribution in [2.75, 3.05) is 6.61 Å². The van der Waals surface area contributed by atoms with Crippen LogP contribution in [0.3, 0.4) is 0 Å². The minimum atomic E-state index is -0.560. The Hall–Kier alpha value is -3.72. The first-order valence-corrected chi connectivity index (χ1v) is 11.6. The molecule has 176 valence electrons. The lowest BCUT2D eigenvalue weighted by atomic mass is 10.1. The number of aromatic nitrogens is 4. The van der Waals surface area contributed by atoms with E-state index in [2.05, 4.69) is 4.98 Å². The van der Waals surface area contributed by atoms with Crippen LogP contribution in [0.25, 0.3) is 11.4 Å². The zero-order valence-electron chi connectivity index (χ0n) is 20.0. The summed E-state index contributed by atoms with van der Waals surface area (Å²) in [5, 5.41) is 0.763. The van der Waals surface area contributed by atoms with Crippen LogP contribution in [-0.2, 0) is 11.8 Å². The molecule has 4 aromatic rings. The Balaban J connectivity index is 1.66. The molecule has 8 nitrogen and oxygen atoms in total. The van der Waals surface area contributed by atoms with Gasteiger partial charge in [-0.05, 0) is 52.8 Å². The Morgan fingerprint density at radius 2 is 1.71 bits per heavy atom. The van der Waals surface area contributed by atoms with Gasteiger partial charge in [0, 0.05) is 24.0 Å². The highest BCUT2D eigenvalue weighted by molar-refractivity contribution is 7.13. The molecule has 0 spiro atoms. The van der Waals surface area contributed by atoms with E-state index in [0.29, 0.717) is 27.5 Å². The number of ether oxygens (including phenoxy) is 1. The number of thiazole rings is 1. The van der Waals surface area contributed by atoms with E-state index >= 15 is 0 Å². The third-order valence-corrected chi connectivity index (χ3v) is 6.96. The Labute approximate surface area is 201 Å². The fraction of sp³-hybridized carbons (Fsp3) is 0.280. The number of aryl methyl sites for hydroxylation is 3. The molecule has 0 saturated carbocycles. The number of ketones is 1. The topological polar surface area (TPSA) is 88.1 Å². The Kier molecular flexibility index (Phi) is 6.14. The summed E-state index contributed by atoms with van der Waals surface area (Å²) in [4.78, 5) is 43.4. The predicted octanol–water partition coefficient (Wildman–Crippen LogP) is 4.01. The number of hydrogen-bond donors (Lipinski definition) is 0. The van der Waals surface area contributed by atoms with Gasteiger partial charge in [-0.3, -0.25) is 14.3 Å². The zero-order chi connectivity index (χ0) is 24.7. The molecule has 1 aromatic carbocycles. The Bertz CT molecular complexity index is 1470. The van der Waals surface area contributed by atoms with Crippen LogP contribution in [-0.4, -0.2) is 37.3 Å². The summed E-state index contributed by atoms with van der Waals surface area (Å²) in [5.74, 6) is -0.890. The molecule has 34 heavy (non-hydrogen) atoms. The second kappa shape index (κ2) is 8.90. The molecule has 0 bridgehead atoms. The van der Waals surface area contributed by atoms with Crippen molar-refractivity contribution < 1.29 is 14.3 Å². The van der Waals surface area contributed by atoms with Crippen LogP contribution in [0.4, 0.5) is 0 Å². The molecule has 4 rings (SSSR count). The largest absolute Gasteiger partial charge is 0.453 e. The quantitative estimate of drug-likeness (QED) is 0.309. The monoisotopic (exact) mass is 478 g/mol. The number of Topliss-reactive ketones (excluding diaryl/α,β-unsaturated/α-hetero) is 1. The second-order valence-corrected chi connectivity index (χ2v) is 9.38. The molecular formula is C25H26N4O4S. The van der Waals surface area contributed by atoms with Gasteiger partial charge in [-0.1, -0.05) is 18.2 Å². The second-order valence-electron chi connectivity index (χ2n) is 8.18. The van der Waals surface area contributed by atoms with E-state index in [-0.39, 0.29) is 17.9 Å². The molecule has 3 aromatic heterocycles. The van der Waals surface area contributed by atoms with E-state index in [0.717, 1.165) is 22.1 Å². The summed E-state index contributed by atoms with van der Waals surface area (Å²) < 4.78 is 10.5. The van der Waals surface area contributed by atoms with E-state index in [4.69, 9.17) is 4.74 Å². The maximum atomic E-state index is 13.5. The summed E-state index contributed by atoms with van der Waals surface area (Å²) in [5.41, 5.74) is 4.17. The number of hydrogen-bond acceptors (Lipinski definition) is 6. The molecule has 0 fully saturated rings. The average Bonchev–Trinajstić information content (AvgIpc) is 3.37. The van der Waals surface area contributed by atoms with Gasteiger partial charge in [-0.2, -0.15) is 0 Å². The minimum Gasteiger partial charge on any atom is -0.453 e. The molecule has 0 aliphatic heterocycles. The van der Waals surface area contributed by atoms with Gasteiger partial charge in [0.05, 0.1) is 22.1 Å². The third kappa shape index (κ3) is 3.92. The first kappa shape index (κ1) is 23.4. The molecule has 0 unspecified atom stereocenters. The van der Waals surface area contributed by atoms with Crippen LogP contribution >= 0.6 is 11.3 Å². The van der Waals surface area contributed by atoms with E-state index in [1.54, 1.807) is 33.8 Å². The van der Waals surface area contributed by atoms with Gasteiger partial charge in [-0.25, -0.2) is 14.5 Å². The van der Waals surface area contributed by atoms with Gasteiger partial charge < -0.3 is 9.30 Å². The van der Waals surface area contributed by atoms with Crippen LogP contribution < -0.4 is 5.56 Å². The average molecular weight is 479 g/mol.